The predicted molar refractivity (Wildman–Crippen MR) is 136 cm³/mol. The Morgan fingerprint density at radius 3 is 2.69 bits per heavy atom. The number of amides is 2. The van der Waals surface area contributed by atoms with Crippen molar-refractivity contribution >= 4 is 28.3 Å². The van der Waals surface area contributed by atoms with Crippen molar-refractivity contribution in [2.45, 2.75) is 52.1 Å². The van der Waals surface area contributed by atoms with Crippen LogP contribution in [0, 0.1) is 34.8 Å². The molecule has 0 spiro atoms. The van der Waals surface area contributed by atoms with Crippen LogP contribution < -0.4 is 5.32 Å². The maximum atomic E-state index is 14.1. The number of rotatable bonds is 6. The van der Waals surface area contributed by atoms with Crippen molar-refractivity contribution in [2.24, 2.45) is 23.2 Å². The van der Waals surface area contributed by atoms with Gasteiger partial charge in [0.2, 0.25) is 5.91 Å². The Morgan fingerprint density at radius 2 is 2.06 bits per heavy atom. The monoisotopic (exact) mass is 517 g/mol. The molecule has 2 aliphatic carbocycles. The lowest BCUT2D eigenvalue weighted by Gasteiger charge is -2.53. The van der Waals surface area contributed by atoms with E-state index < -0.39 is 29.2 Å². The van der Waals surface area contributed by atoms with E-state index in [1.807, 2.05) is 13.8 Å². The quantitative estimate of drug-likeness (QED) is 0.528. The average molecular weight is 518 g/mol. The van der Waals surface area contributed by atoms with Crippen molar-refractivity contribution in [1.29, 1.82) is 0 Å². The molecule has 6 nitrogen and oxygen atoms in total. The normalized spacial score (nSPS) is 28.0. The van der Waals surface area contributed by atoms with Gasteiger partial charge in [0.15, 0.2) is 5.13 Å². The number of benzene rings is 1. The zero-order chi connectivity index (χ0) is 26.4. The molecule has 36 heavy (non-hydrogen) atoms. The summed E-state index contributed by atoms with van der Waals surface area (Å²) in [5, 5.41) is 14.4. The lowest BCUT2D eigenvalue weighted by Crippen LogP contribution is -2.53. The SMILES string of the molecule is C=CCN(C)C(=O)[C@@H](C)[C@H]1CC[C@]2(C)Cc3sc(NC(=O)c4c(F)cccc4F)nc3[C@H](C)[C@@H]2[C@H]1O. The van der Waals surface area contributed by atoms with Gasteiger partial charge < -0.3 is 10.0 Å². The molecule has 0 bridgehead atoms. The maximum Gasteiger partial charge on any atom is 0.263 e. The molecule has 1 saturated carbocycles. The number of nitrogens with one attached hydrogen (secondary N) is 1. The second-order valence-corrected chi connectivity index (χ2v) is 11.6. The number of halogens is 2. The van der Waals surface area contributed by atoms with Crippen molar-refractivity contribution in [2.75, 3.05) is 18.9 Å². The van der Waals surface area contributed by atoms with Crippen LogP contribution >= 0.6 is 11.3 Å². The van der Waals surface area contributed by atoms with Crippen molar-refractivity contribution in [3.05, 3.63) is 58.6 Å². The first-order chi connectivity index (χ1) is 17.0. The fourth-order valence-corrected chi connectivity index (χ4v) is 7.55. The molecule has 6 atom stereocenters. The highest BCUT2D eigenvalue weighted by Crippen LogP contribution is 2.57. The molecule has 194 valence electrons. The summed E-state index contributed by atoms with van der Waals surface area (Å²) in [5.41, 5.74) is -0.0456. The van der Waals surface area contributed by atoms with Crippen LogP contribution in [-0.4, -0.2) is 46.5 Å². The van der Waals surface area contributed by atoms with Crippen LogP contribution in [-0.2, 0) is 11.2 Å². The Bertz CT molecular complexity index is 1160. The van der Waals surface area contributed by atoms with Crippen molar-refractivity contribution in [3.63, 3.8) is 0 Å². The van der Waals surface area contributed by atoms with Gasteiger partial charge in [0.05, 0.1) is 11.8 Å². The predicted octanol–water partition coefficient (Wildman–Crippen LogP) is 5.01. The molecule has 9 heteroatoms. The molecule has 2 aromatic rings. The van der Waals surface area contributed by atoms with E-state index in [4.69, 9.17) is 0 Å². The number of aliphatic hydroxyl groups excluding tert-OH is 1. The van der Waals surface area contributed by atoms with E-state index in [2.05, 4.69) is 23.8 Å². The summed E-state index contributed by atoms with van der Waals surface area (Å²) in [5.74, 6) is -3.49. The lowest BCUT2D eigenvalue weighted by molar-refractivity contribution is -0.143. The molecule has 0 aliphatic heterocycles. The molecule has 0 saturated heterocycles. The molecular weight excluding hydrogens is 484 g/mol. The number of aliphatic hydroxyl groups is 1. The van der Waals surface area contributed by atoms with Gasteiger partial charge in [0.1, 0.15) is 17.2 Å². The van der Waals surface area contributed by atoms with E-state index in [1.54, 1.807) is 18.0 Å². The Hall–Kier alpha value is -2.65. The first kappa shape index (κ1) is 26.4. The highest BCUT2D eigenvalue weighted by molar-refractivity contribution is 7.15. The highest BCUT2D eigenvalue weighted by atomic mass is 32.1. The molecule has 2 N–H and O–H groups in total. The number of fused-ring (bicyclic) bond motifs is 2. The van der Waals surface area contributed by atoms with Crippen molar-refractivity contribution < 1.29 is 23.5 Å². The van der Waals surface area contributed by atoms with E-state index in [1.165, 1.54) is 17.4 Å². The summed E-state index contributed by atoms with van der Waals surface area (Å²) in [6, 6.07) is 3.28. The summed E-state index contributed by atoms with van der Waals surface area (Å²) in [6.45, 7) is 10.2. The molecule has 1 heterocycles. The van der Waals surface area contributed by atoms with Crippen LogP contribution in [0.25, 0.3) is 0 Å². The molecular formula is C27H33F2N3O3S. The maximum absolute atomic E-state index is 14.1. The second-order valence-electron chi connectivity index (χ2n) is 10.5. The molecule has 1 aromatic heterocycles. The van der Waals surface area contributed by atoms with E-state index in [9.17, 15) is 23.5 Å². The first-order valence-corrected chi connectivity index (χ1v) is 13.1. The van der Waals surface area contributed by atoms with Crippen molar-refractivity contribution in [1.82, 2.24) is 9.88 Å². The second kappa shape index (κ2) is 10.0. The largest absolute Gasteiger partial charge is 0.392 e. The number of hydrogen-bond acceptors (Lipinski definition) is 5. The van der Waals surface area contributed by atoms with E-state index in [-0.39, 0.29) is 40.1 Å². The summed E-state index contributed by atoms with van der Waals surface area (Å²) < 4.78 is 28.1. The number of aromatic nitrogens is 1. The van der Waals surface area contributed by atoms with Crippen LogP contribution in [0.15, 0.2) is 30.9 Å². The van der Waals surface area contributed by atoms with Gasteiger partial charge in [-0.1, -0.05) is 32.9 Å². The first-order valence-electron chi connectivity index (χ1n) is 12.3. The van der Waals surface area contributed by atoms with Crippen LogP contribution in [0.2, 0.25) is 0 Å². The number of likely N-dealkylation sites (N-methyl/N-ethyl adjacent to an activating group) is 1. The minimum Gasteiger partial charge on any atom is -0.392 e. The Kier molecular flexibility index (Phi) is 7.35. The number of hydrogen-bond donors (Lipinski definition) is 2. The van der Waals surface area contributed by atoms with Gasteiger partial charge >= 0.3 is 0 Å². The summed E-state index contributed by atoms with van der Waals surface area (Å²) in [4.78, 5) is 32.8. The molecule has 2 amide bonds. The van der Waals surface area contributed by atoms with Gasteiger partial charge in [0.25, 0.3) is 5.91 Å². The van der Waals surface area contributed by atoms with E-state index in [0.29, 0.717) is 13.0 Å². The highest BCUT2D eigenvalue weighted by Gasteiger charge is 2.54. The van der Waals surface area contributed by atoms with Crippen LogP contribution in [0.1, 0.15) is 60.5 Å². The topological polar surface area (TPSA) is 82.5 Å². The number of thiazole rings is 1. The lowest BCUT2D eigenvalue weighted by atomic mass is 9.53. The van der Waals surface area contributed by atoms with E-state index >= 15 is 0 Å². The number of carbonyl (C=O) groups excluding carboxylic acids is 2. The third-order valence-electron chi connectivity index (χ3n) is 8.14. The van der Waals surface area contributed by atoms with Gasteiger partial charge in [-0.2, -0.15) is 0 Å². The van der Waals surface area contributed by atoms with Crippen molar-refractivity contribution in [3.8, 4) is 0 Å². The molecule has 1 fully saturated rings. The minimum atomic E-state index is -0.933. The Balaban J connectivity index is 1.57. The van der Waals surface area contributed by atoms with Crippen LogP contribution in [0.5, 0.6) is 0 Å². The zero-order valence-corrected chi connectivity index (χ0v) is 21.9. The van der Waals surface area contributed by atoms with Gasteiger partial charge in [0, 0.05) is 30.3 Å². The summed E-state index contributed by atoms with van der Waals surface area (Å²) in [6.07, 6.45) is 3.27. The molecule has 1 aromatic carbocycles. The zero-order valence-electron chi connectivity index (χ0n) is 21.1. The molecule has 2 aliphatic rings. The Labute approximate surface area is 214 Å². The Morgan fingerprint density at radius 1 is 1.39 bits per heavy atom. The average Bonchev–Trinajstić information content (AvgIpc) is 3.20. The van der Waals surface area contributed by atoms with E-state index in [0.717, 1.165) is 35.5 Å². The number of nitrogens with zero attached hydrogens (tertiary/aromatic N) is 2. The van der Waals surface area contributed by atoms with Gasteiger partial charge in [-0.25, -0.2) is 13.8 Å². The van der Waals surface area contributed by atoms with Gasteiger partial charge in [-0.3, -0.25) is 14.9 Å². The summed E-state index contributed by atoms with van der Waals surface area (Å²) >= 11 is 1.31. The fraction of sp³-hybridized carbons (Fsp3) is 0.519. The van der Waals surface area contributed by atoms with Gasteiger partial charge in [-0.05, 0) is 48.6 Å². The van der Waals surface area contributed by atoms with Crippen LogP contribution in [0.3, 0.4) is 0 Å². The number of anilines is 1. The molecule has 0 radical (unpaired) electrons. The summed E-state index contributed by atoms with van der Waals surface area (Å²) in [7, 11) is 1.74. The van der Waals surface area contributed by atoms with Gasteiger partial charge in [-0.15, -0.1) is 17.9 Å². The molecule has 4 rings (SSSR count). The molecule has 0 unspecified atom stereocenters. The standard InChI is InChI=1S/C27H33F2N3O3S/c1-6-12-32(5)25(35)14(2)16-10-11-27(4)13-19-22(15(3)21(27)23(16)33)30-26(36-19)31-24(34)20-17(28)8-7-9-18(20)29/h6-9,14-16,21,23,33H,1,10-13H2,2-5H3,(H,30,31,34)/t14-,15+,16+,21+,23-,27+/m0/s1. The number of carbonyl (C=O) groups is 2. The third-order valence-corrected chi connectivity index (χ3v) is 9.13. The third kappa shape index (κ3) is 4.59. The fourth-order valence-electron chi connectivity index (χ4n) is 6.29. The smallest absolute Gasteiger partial charge is 0.263 e. The minimum absolute atomic E-state index is 0.00858. The van der Waals surface area contributed by atoms with Crippen LogP contribution in [0.4, 0.5) is 13.9 Å².